The number of hydrogen-bond acceptors (Lipinski definition) is 5. The molecular weight excluding hydrogens is 645 g/mol. The van der Waals surface area contributed by atoms with Gasteiger partial charge in [-0.2, -0.15) is 0 Å². The average Bonchev–Trinajstić information content (AvgIpc) is 3.78. The van der Waals surface area contributed by atoms with E-state index >= 15 is 8.78 Å². The van der Waals surface area contributed by atoms with Crippen LogP contribution in [-0.2, 0) is 15.4 Å². The predicted molar refractivity (Wildman–Crippen MR) is 184 cm³/mol. The third-order valence-corrected chi connectivity index (χ3v) is 13.2. The van der Waals surface area contributed by atoms with Crippen molar-refractivity contribution >= 4 is 27.0 Å². The lowest BCUT2D eigenvalue weighted by atomic mass is 9.70. The quantitative estimate of drug-likeness (QED) is 0.217. The van der Waals surface area contributed by atoms with Crippen LogP contribution < -0.4 is 4.72 Å². The highest BCUT2D eigenvalue weighted by atomic mass is 32.2. The van der Waals surface area contributed by atoms with E-state index in [0.29, 0.717) is 56.9 Å². The summed E-state index contributed by atoms with van der Waals surface area (Å²) in [6, 6.07) is 21.8. The number of amides is 1. The summed E-state index contributed by atoms with van der Waals surface area (Å²) < 4.78 is 61.1. The molecule has 1 saturated carbocycles. The highest BCUT2D eigenvalue weighted by molar-refractivity contribution is 7.89. The molecule has 8 nitrogen and oxygen atoms in total. The van der Waals surface area contributed by atoms with E-state index in [1.807, 2.05) is 24.3 Å². The van der Waals surface area contributed by atoms with Crippen LogP contribution in [0.3, 0.4) is 0 Å². The van der Waals surface area contributed by atoms with Gasteiger partial charge in [-0.1, -0.05) is 42.5 Å². The van der Waals surface area contributed by atoms with Gasteiger partial charge < -0.3 is 9.47 Å². The minimum atomic E-state index is -4.21. The van der Waals surface area contributed by atoms with Crippen LogP contribution in [0.1, 0.15) is 85.6 Å². The molecule has 11 heteroatoms. The van der Waals surface area contributed by atoms with E-state index in [0.717, 1.165) is 49.3 Å². The van der Waals surface area contributed by atoms with Crippen molar-refractivity contribution in [2.45, 2.75) is 99.2 Å². The molecule has 1 aromatic heterocycles. The van der Waals surface area contributed by atoms with E-state index in [9.17, 15) is 13.2 Å². The van der Waals surface area contributed by atoms with Crippen molar-refractivity contribution < 1.29 is 22.0 Å². The number of piperidine rings is 2. The summed E-state index contributed by atoms with van der Waals surface area (Å²) in [5, 5.41) is 0. The maximum Gasteiger partial charge on any atom is 0.259 e. The molecule has 49 heavy (non-hydrogen) atoms. The molecule has 1 aliphatic carbocycles. The van der Waals surface area contributed by atoms with Crippen LogP contribution in [0.15, 0.2) is 71.6 Å². The smallest absolute Gasteiger partial charge is 0.259 e. The summed E-state index contributed by atoms with van der Waals surface area (Å²) >= 11 is 0. The largest absolute Gasteiger partial charge is 0.338 e. The molecule has 3 aliphatic heterocycles. The fourth-order valence-corrected chi connectivity index (χ4v) is 10.4. The summed E-state index contributed by atoms with van der Waals surface area (Å²) in [7, 11) is -4.21. The van der Waals surface area contributed by atoms with Crippen molar-refractivity contribution in [3.8, 4) is 0 Å². The Balaban J connectivity index is 0.984. The zero-order valence-electron chi connectivity index (χ0n) is 27.8. The molecule has 1 unspecified atom stereocenters. The fourth-order valence-electron chi connectivity index (χ4n) is 8.98. The maximum atomic E-state index is 15.6. The van der Waals surface area contributed by atoms with E-state index in [1.165, 1.54) is 28.8 Å². The summed E-state index contributed by atoms with van der Waals surface area (Å²) in [6.07, 6.45) is 8.15. The third kappa shape index (κ3) is 5.97. The summed E-state index contributed by atoms with van der Waals surface area (Å²) in [5.41, 5.74) is 2.50. The van der Waals surface area contributed by atoms with Crippen LogP contribution in [0.4, 0.5) is 8.78 Å². The van der Waals surface area contributed by atoms with Crippen LogP contribution in [-0.4, -0.2) is 71.4 Å². The normalized spacial score (nSPS) is 24.1. The zero-order chi connectivity index (χ0) is 33.9. The molecule has 8 rings (SSSR count). The van der Waals surface area contributed by atoms with Gasteiger partial charge in [-0.15, -0.1) is 0 Å². The first-order chi connectivity index (χ1) is 23.6. The van der Waals surface area contributed by atoms with Crippen LogP contribution in [0.2, 0.25) is 0 Å². The van der Waals surface area contributed by atoms with Gasteiger partial charge in [0.25, 0.3) is 5.91 Å². The van der Waals surface area contributed by atoms with E-state index in [2.05, 4.69) is 51.4 Å². The molecule has 0 radical (unpaired) electrons. The molecule has 0 spiro atoms. The first kappa shape index (κ1) is 32.5. The minimum absolute atomic E-state index is 0.193. The zero-order valence-corrected chi connectivity index (χ0v) is 28.6. The van der Waals surface area contributed by atoms with Crippen molar-refractivity contribution in [2.24, 2.45) is 0 Å². The number of nitrogens with zero attached hydrogens (tertiary/aromatic N) is 4. The van der Waals surface area contributed by atoms with Gasteiger partial charge in [-0.05, 0) is 106 Å². The Morgan fingerprint density at radius 2 is 1.57 bits per heavy atom. The number of fused-ring (bicyclic) bond motifs is 3. The molecule has 4 heterocycles. The summed E-state index contributed by atoms with van der Waals surface area (Å²) in [6.45, 7) is 3.71. The Hall–Kier alpha value is -3.67. The summed E-state index contributed by atoms with van der Waals surface area (Å²) in [5.74, 6) is -2.10. The number of imidazole rings is 1. The number of sulfonamides is 1. The predicted octanol–water partition coefficient (Wildman–Crippen LogP) is 6.50. The molecule has 4 fully saturated rings. The molecule has 4 aliphatic rings. The summed E-state index contributed by atoms with van der Waals surface area (Å²) in [4.78, 5) is 22.0. The molecule has 4 aromatic rings. The third-order valence-electron chi connectivity index (χ3n) is 11.7. The number of para-hydroxylation sites is 2. The number of carbonyl (C=O) groups is 1. The number of aryl methyl sites for hydroxylation is 1. The van der Waals surface area contributed by atoms with Crippen molar-refractivity contribution in [3.05, 3.63) is 95.3 Å². The lowest BCUT2D eigenvalue weighted by molar-refractivity contribution is 0.0598. The van der Waals surface area contributed by atoms with E-state index in [-0.39, 0.29) is 11.5 Å². The van der Waals surface area contributed by atoms with Gasteiger partial charge >= 0.3 is 0 Å². The molecule has 3 aromatic carbocycles. The molecule has 1 amide bonds. The topological polar surface area (TPSA) is 87.5 Å². The van der Waals surface area contributed by atoms with E-state index in [1.54, 1.807) is 0 Å². The lowest BCUT2D eigenvalue weighted by Gasteiger charge is -2.45. The number of rotatable bonds is 9. The molecule has 3 atom stereocenters. The number of halogens is 2. The Bertz CT molecular complexity index is 1970. The van der Waals surface area contributed by atoms with E-state index < -0.39 is 38.0 Å². The first-order valence-corrected chi connectivity index (χ1v) is 19.2. The van der Waals surface area contributed by atoms with Crippen molar-refractivity contribution in [1.82, 2.24) is 24.1 Å². The Kier molecular flexibility index (Phi) is 8.35. The van der Waals surface area contributed by atoms with Gasteiger partial charge in [0.15, 0.2) is 5.82 Å². The van der Waals surface area contributed by atoms with Crippen molar-refractivity contribution in [1.29, 1.82) is 0 Å². The van der Waals surface area contributed by atoms with Crippen molar-refractivity contribution in [3.63, 3.8) is 0 Å². The van der Waals surface area contributed by atoms with Crippen LogP contribution in [0.5, 0.6) is 0 Å². The van der Waals surface area contributed by atoms with Crippen LogP contribution >= 0.6 is 0 Å². The average molecular weight is 688 g/mol. The van der Waals surface area contributed by atoms with Crippen molar-refractivity contribution in [2.75, 3.05) is 19.6 Å². The first-order valence-electron chi connectivity index (χ1n) is 17.7. The maximum absolute atomic E-state index is 15.6. The van der Waals surface area contributed by atoms with Gasteiger partial charge in [0.05, 0.1) is 11.0 Å². The fraction of sp³-hybridized carbons (Fsp3) is 0.474. The van der Waals surface area contributed by atoms with E-state index in [4.69, 9.17) is 4.98 Å². The van der Waals surface area contributed by atoms with Gasteiger partial charge in [-0.25, -0.2) is 26.9 Å². The lowest BCUT2D eigenvalue weighted by Crippen LogP contribution is -2.49. The number of nitrogens with one attached hydrogen (secondary N) is 1. The number of hydrogen-bond donors (Lipinski definition) is 1. The minimum Gasteiger partial charge on any atom is -0.338 e. The number of carbonyl (C=O) groups excluding carboxylic acids is 1. The monoisotopic (exact) mass is 687 g/mol. The van der Waals surface area contributed by atoms with Gasteiger partial charge in [0.1, 0.15) is 22.1 Å². The Morgan fingerprint density at radius 3 is 2.27 bits per heavy atom. The number of aromatic nitrogens is 2. The van der Waals surface area contributed by atoms with Gasteiger partial charge in [0.2, 0.25) is 10.0 Å². The molecular formula is C38H43F2N5O3S. The molecule has 1 N–H and O–H groups in total. The van der Waals surface area contributed by atoms with Crippen LogP contribution in [0, 0.1) is 18.6 Å². The highest BCUT2D eigenvalue weighted by Gasteiger charge is 2.45. The second-order valence-corrected chi connectivity index (χ2v) is 16.3. The SMILES string of the molecule is Cc1nc2ccccc2n1C1C[C@H]2CC[C@@H](C1)N2CCC1(c2ccccc2)CCN(C(=O)c2c(F)ccc(S(=O)(=O)NC3CC3)c2F)CC1. The highest BCUT2D eigenvalue weighted by Crippen LogP contribution is 2.45. The van der Waals surface area contributed by atoms with Gasteiger partial charge in [-0.3, -0.25) is 9.69 Å². The number of likely N-dealkylation sites (tertiary alicyclic amines) is 1. The molecule has 2 bridgehead atoms. The van der Waals surface area contributed by atoms with Crippen LogP contribution in [0.25, 0.3) is 11.0 Å². The standard InChI is InChI=1S/C38H43F2N5O3S/c1-25-41-32-9-5-6-10-33(32)45(25)30-23-28-13-14-29(24-30)44(28)22-19-38(26-7-3-2-4-8-26)17-20-43(21-18-38)37(46)35-31(39)15-16-34(36(35)40)49(47,48)42-27-11-12-27/h2-10,15-16,27-30,42H,11-14,17-24H2,1H3/t28-,29+,30?. The number of benzene rings is 3. The van der Waals surface area contributed by atoms with Gasteiger partial charge in [0, 0.05) is 37.3 Å². The Morgan fingerprint density at radius 1 is 0.898 bits per heavy atom. The second kappa shape index (κ2) is 12.6. The Labute approximate surface area is 286 Å². The molecule has 258 valence electrons. The molecule has 3 saturated heterocycles. The second-order valence-electron chi connectivity index (χ2n) is 14.6.